The van der Waals surface area contributed by atoms with Gasteiger partial charge in [-0.15, -0.1) is 0 Å². The lowest BCUT2D eigenvalue weighted by atomic mass is 9.62. The molecular weight excluding hydrogens is 150 g/mol. The zero-order valence-electron chi connectivity index (χ0n) is 7.35. The van der Waals surface area contributed by atoms with Gasteiger partial charge in [-0.1, -0.05) is 19.1 Å². The molecule has 0 saturated heterocycles. The number of nitrogens with two attached hydrogens (primary N) is 3. The Hall–Kier alpha value is -0.380. The highest BCUT2D eigenvalue weighted by molar-refractivity contribution is 5.19. The van der Waals surface area contributed by atoms with Crippen LogP contribution in [-0.2, 0) is 0 Å². The Bertz CT molecular complexity index is 176. The van der Waals surface area contributed by atoms with Crippen LogP contribution in [0, 0.1) is 17.8 Å². The molecule has 6 N–H and O–H groups in total. The van der Waals surface area contributed by atoms with Crippen LogP contribution in [0.4, 0.5) is 0 Å². The van der Waals surface area contributed by atoms with Crippen molar-refractivity contribution in [2.24, 2.45) is 35.0 Å². The van der Waals surface area contributed by atoms with E-state index >= 15 is 0 Å². The van der Waals surface area contributed by atoms with Gasteiger partial charge in [0.15, 0.2) is 0 Å². The second-order valence-electron chi connectivity index (χ2n) is 4.13. The van der Waals surface area contributed by atoms with E-state index in [4.69, 9.17) is 17.2 Å². The molecule has 0 spiro atoms. The molecule has 6 unspecified atom stereocenters. The topological polar surface area (TPSA) is 78.1 Å². The van der Waals surface area contributed by atoms with Gasteiger partial charge in [-0.3, -0.25) is 0 Å². The molecule has 1 fully saturated rings. The summed E-state index contributed by atoms with van der Waals surface area (Å²) in [6.45, 7) is 2.16. The molecular formula is C9H17N3. The average molecular weight is 167 g/mol. The van der Waals surface area contributed by atoms with Gasteiger partial charge in [0.05, 0.1) is 0 Å². The lowest BCUT2D eigenvalue weighted by molar-refractivity contribution is 0.145. The van der Waals surface area contributed by atoms with Gasteiger partial charge in [-0.05, 0) is 11.8 Å². The van der Waals surface area contributed by atoms with E-state index in [1.165, 1.54) is 0 Å². The lowest BCUT2D eigenvalue weighted by Crippen LogP contribution is -2.65. The first-order valence-corrected chi connectivity index (χ1v) is 4.58. The summed E-state index contributed by atoms with van der Waals surface area (Å²) in [4.78, 5) is 0. The van der Waals surface area contributed by atoms with Crippen LogP contribution in [-0.4, -0.2) is 18.1 Å². The molecule has 0 amide bonds. The molecule has 3 nitrogen and oxygen atoms in total. The van der Waals surface area contributed by atoms with Crippen molar-refractivity contribution in [1.82, 2.24) is 0 Å². The molecule has 0 aromatic rings. The van der Waals surface area contributed by atoms with E-state index in [0.29, 0.717) is 17.8 Å². The molecule has 68 valence electrons. The predicted molar refractivity (Wildman–Crippen MR) is 49.2 cm³/mol. The zero-order chi connectivity index (χ0) is 8.88. The van der Waals surface area contributed by atoms with Crippen molar-refractivity contribution in [3.63, 3.8) is 0 Å². The molecule has 1 saturated carbocycles. The maximum absolute atomic E-state index is 6.03. The third-order valence-electron chi connectivity index (χ3n) is 3.55. The molecule has 2 bridgehead atoms. The molecule has 0 radical (unpaired) electrons. The van der Waals surface area contributed by atoms with Gasteiger partial charge in [0.2, 0.25) is 0 Å². The van der Waals surface area contributed by atoms with Gasteiger partial charge in [0.25, 0.3) is 0 Å². The fraction of sp³-hybridized carbons (Fsp3) is 0.778. The first-order chi connectivity index (χ1) is 5.63. The van der Waals surface area contributed by atoms with E-state index in [9.17, 15) is 0 Å². The number of hydrogen-bond acceptors (Lipinski definition) is 3. The minimum Gasteiger partial charge on any atom is -0.327 e. The molecule has 0 heterocycles. The van der Waals surface area contributed by atoms with Crippen LogP contribution in [0.5, 0.6) is 0 Å². The molecule has 3 aliphatic rings. The van der Waals surface area contributed by atoms with Gasteiger partial charge in [-0.2, -0.15) is 0 Å². The van der Waals surface area contributed by atoms with Crippen LogP contribution in [0.3, 0.4) is 0 Å². The molecule has 12 heavy (non-hydrogen) atoms. The van der Waals surface area contributed by atoms with Crippen molar-refractivity contribution in [2.75, 3.05) is 0 Å². The summed E-state index contributed by atoms with van der Waals surface area (Å²) in [5.41, 5.74) is 18.0. The fourth-order valence-electron chi connectivity index (χ4n) is 2.54. The first-order valence-electron chi connectivity index (χ1n) is 4.58. The summed E-state index contributed by atoms with van der Waals surface area (Å²) in [6, 6.07) is 0.371. The van der Waals surface area contributed by atoms with Crippen LogP contribution in [0.2, 0.25) is 0 Å². The second-order valence-corrected chi connectivity index (χ2v) is 4.13. The summed E-state index contributed by atoms with van der Waals surface area (Å²) >= 11 is 0. The third-order valence-corrected chi connectivity index (χ3v) is 3.55. The van der Waals surface area contributed by atoms with E-state index in [2.05, 4.69) is 19.1 Å². The Morgan fingerprint density at radius 1 is 0.833 bits per heavy atom. The monoisotopic (exact) mass is 167 g/mol. The van der Waals surface area contributed by atoms with Gasteiger partial charge < -0.3 is 17.2 Å². The number of fused-ring (bicyclic) bond motifs is 2. The Kier molecular flexibility index (Phi) is 1.75. The fourth-order valence-corrected chi connectivity index (χ4v) is 2.54. The lowest BCUT2D eigenvalue weighted by Gasteiger charge is -2.49. The minimum atomic E-state index is 0.0613. The molecule has 0 aliphatic heterocycles. The largest absolute Gasteiger partial charge is 0.327 e. The summed E-state index contributed by atoms with van der Waals surface area (Å²) < 4.78 is 0. The Balaban J connectivity index is 2.32. The van der Waals surface area contributed by atoms with Crippen molar-refractivity contribution in [3.05, 3.63) is 12.2 Å². The summed E-state index contributed by atoms with van der Waals surface area (Å²) in [5, 5.41) is 0. The minimum absolute atomic E-state index is 0.0613. The van der Waals surface area contributed by atoms with Crippen molar-refractivity contribution in [3.8, 4) is 0 Å². The van der Waals surface area contributed by atoms with Gasteiger partial charge in [0, 0.05) is 24.0 Å². The normalized spacial score (nSPS) is 57.7. The number of rotatable bonds is 0. The van der Waals surface area contributed by atoms with Gasteiger partial charge in [-0.25, -0.2) is 0 Å². The predicted octanol–water partition coefficient (Wildman–Crippen LogP) is -0.580. The number of hydrogen-bond donors (Lipinski definition) is 3. The quantitative estimate of drug-likeness (QED) is 0.422. The summed E-state index contributed by atoms with van der Waals surface area (Å²) in [6.07, 6.45) is 4.33. The summed E-state index contributed by atoms with van der Waals surface area (Å²) in [5.74, 6) is 1.16. The van der Waals surface area contributed by atoms with Crippen molar-refractivity contribution >= 4 is 0 Å². The second kappa shape index (κ2) is 2.55. The Morgan fingerprint density at radius 3 is 1.92 bits per heavy atom. The van der Waals surface area contributed by atoms with Gasteiger partial charge >= 0.3 is 0 Å². The van der Waals surface area contributed by atoms with Crippen LogP contribution >= 0.6 is 0 Å². The molecule has 3 rings (SSSR count). The Labute approximate surface area is 73.0 Å². The van der Waals surface area contributed by atoms with Gasteiger partial charge in [0.1, 0.15) is 0 Å². The van der Waals surface area contributed by atoms with Crippen LogP contribution in [0.1, 0.15) is 6.92 Å². The van der Waals surface area contributed by atoms with E-state index in [1.54, 1.807) is 0 Å². The Morgan fingerprint density at radius 2 is 1.33 bits per heavy atom. The highest BCUT2D eigenvalue weighted by Gasteiger charge is 2.45. The maximum atomic E-state index is 6.03. The smallest absolute Gasteiger partial charge is 0.0277 e. The SMILES string of the molecule is CC1C(N)C2C=CC1C(N)C2N. The molecule has 0 aromatic carbocycles. The third kappa shape index (κ3) is 0.873. The molecule has 0 aromatic heterocycles. The standard InChI is InChI=1S/C9H17N3/c1-4-5-2-3-6(7(4)10)9(12)8(5)11/h2-9H,10-12H2,1H3. The highest BCUT2D eigenvalue weighted by Crippen LogP contribution is 2.37. The van der Waals surface area contributed by atoms with Crippen molar-refractivity contribution in [2.45, 2.75) is 25.0 Å². The van der Waals surface area contributed by atoms with E-state index in [1.807, 2.05) is 0 Å². The average Bonchev–Trinajstić information content (AvgIpc) is 2.05. The summed E-state index contributed by atoms with van der Waals surface area (Å²) in [7, 11) is 0. The van der Waals surface area contributed by atoms with Crippen molar-refractivity contribution in [1.29, 1.82) is 0 Å². The van der Waals surface area contributed by atoms with E-state index in [0.717, 1.165) is 0 Å². The van der Waals surface area contributed by atoms with E-state index in [-0.39, 0.29) is 18.1 Å². The first kappa shape index (κ1) is 8.23. The molecule has 3 heteroatoms. The maximum Gasteiger partial charge on any atom is 0.0277 e. The van der Waals surface area contributed by atoms with Crippen molar-refractivity contribution < 1.29 is 0 Å². The van der Waals surface area contributed by atoms with Crippen LogP contribution in [0.15, 0.2) is 12.2 Å². The van der Waals surface area contributed by atoms with Crippen LogP contribution in [0.25, 0.3) is 0 Å². The van der Waals surface area contributed by atoms with Crippen LogP contribution < -0.4 is 17.2 Å². The highest BCUT2D eigenvalue weighted by atomic mass is 14.9. The van der Waals surface area contributed by atoms with E-state index < -0.39 is 0 Å². The molecule has 6 atom stereocenters. The zero-order valence-corrected chi connectivity index (χ0v) is 7.35. The molecule has 3 aliphatic carbocycles.